The number of nitrogens with zero attached hydrogens (tertiary/aromatic N) is 2. The summed E-state index contributed by atoms with van der Waals surface area (Å²) in [7, 11) is 0. The standard InChI is InChI=1S/C29H29FN4O4/c1-2-37-11-5-9-32-29(36)21-16-34-23-12-17-6-3-4-7-18(17)13-24(23)38-28-25(34)20(27(21)35)14-22(30)26(28)33-10-8-19(31)15-33/h3-4,6-7,12-14,16,19H,2,5,8-11,15,31H2,1H3,(H,32,36). The molecule has 1 fully saturated rings. The van der Waals surface area contributed by atoms with Gasteiger partial charge in [0.2, 0.25) is 5.43 Å². The summed E-state index contributed by atoms with van der Waals surface area (Å²) in [6.45, 7) is 4.43. The highest BCUT2D eigenvalue weighted by Crippen LogP contribution is 2.48. The number of benzene rings is 3. The van der Waals surface area contributed by atoms with Crippen molar-refractivity contribution in [3.8, 4) is 17.2 Å². The lowest BCUT2D eigenvalue weighted by Crippen LogP contribution is -2.32. The summed E-state index contributed by atoms with van der Waals surface area (Å²) in [6.07, 6.45) is 2.89. The van der Waals surface area contributed by atoms with Gasteiger partial charge in [-0.1, -0.05) is 24.3 Å². The summed E-state index contributed by atoms with van der Waals surface area (Å²) in [5.41, 5.74) is 6.91. The molecule has 3 aromatic carbocycles. The van der Waals surface area contributed by atoms with E-state index in [0.717, 1.165) is 17.2 Å². The van der Waals surface area contributed by atoms with Crippen molar-refractivity contribution in [2.75, 3.05) is 37.7 Å². The number of rotatable bonds is 7. The molecular weight excluding hydrogens is 487 g/mol. The van der Waals surface area contributed by atoms with Crippen LogP contribution in [0.2, 0.25) is 0 Å². The Morgan fingerprint density at radius 3 is 2.76 bits per heavy atom. The first-order valence-electron chi connectivity index (χ1n) is 13.0. The van der Waals surface area contributed by atoms with E-state index in [4.69, 9.17) is 15.2 Å². The highest BCUT2D eigenvalue weighted by atomic mass is 19.1. The van der Waals surface area contributed by atoms with Gasteiger partial charge in [-0.3, -0.25) is 9.59 Å². The van der Waals surface area contributed by atoms with E-state index < -0.39 is 17.2 Å². The Morgan fingerprint density at radius 1 is 1.24 bits per heavy atom. The predicted octanol–water partition coefficient (Wildman–Crippen LogP) is 4.08. The van der Waals surface area contributed by atoms with Gasteiger partial charge in [0.1, 0.15) is 16.8 Å². The van der Waals surface area contributed by atoms with E-state index in [9.17, 15) is 9.59 Å². The summed E-state index contributed by atoms with van der Waals surface area (Å²) in [5, 5.41) is 4.82. The Bertz CT molecular complexity index is 1630. The predicted molar refractivity (Wildman–Crippen MR) is 145 cm³/mol. The maximum absolute atomic E-state index is 15.7. The van der Waals surface area contributed by atoms with Gasteiger partial charge in [0, 0.05) is 45.1 Å². The number of anilines is 1. The van der Waals surface area contributed by atoms with Crippen molar-refractivity contribution >= 4 is 33.3 Å². The molecule has 0 spiro atoms. The number of pyridine rings is 1. The molecule has 0 aliphatic carbocycles. The van der Waals surface area contributed by atoms with Gasteiger partial charge in [-0.05, 0) is 48.7 Å². The van der Waals surface area contributed by atoms with Gasteiger partial charge in [-0.2, -0.15) is 0 Å². The second-order valence-electron chi connectivity index (χ2n) is 9.74. The molecular formula is C29H29FN4O4. The number of ether oxygens (including phenoxy) is 2. The molecule has 0 radical (unpaired) electrons. The molecule has 4 aromatic rings. The molecule has 3 heterocycles. The van der Waals surface area contributed by atoms with Crippen LogP contribution < -0.4 is 26.1 Å². The summed E-state index contributed by atoms with van der Waals surface area (Å²) < 4.78 is 29.2. The molecule has 1 unspecified atom stereocenters. The second kappa shape index (κ2) is 9.74. The van der Waals surface area contributed by atoms with Crippen LogP contribution in [0.15, 0.2) is 53.5 Å². The Balaban J connectivity index is 1.55. The molecule has 1 atom stereocenters. The molecule has 196 valence electrons. The molecule has 38 heavy (non-hydrogen) atoms. The van der Waals surface area contributed by atoms with Crippen LogP contribution in [0, 0.1) is 5.82 Å². The molecule has 1 saturated heterocycles. The lowest BCUT2D eigenvalue weighted by Gasteiger charge is -2.29. The number of carbonyl (C=O) groups excluding carboxylic acids is 1. The molecule has 3 N–H and O–H groups in total. The molecule has 2 aliphatic rings. The van der Waals surface area contributed by atoms with Crippen molar-refractivity contribution in [3.63, 3.8) is 0 Å². The maximum Gasteiger partial charge on any atom is 0.256 e. The van der Waals surface area contributed by atoms with Gasteiger partial charge in [-0.15, -0.1) is 0 Å². The number of nitrogens with two attached hydrogens (primary N) is 1. The Morgan fingerprint density at radius 2 is 2.03 bits per heavy atom. The fourth-order valence-corrected chi connectivity index (χ4v) is 5.35. The molecule has 9 heteroatoms. The third-order valence-electron chi connectivity index (χ3n) is 7.21. The topological polar surface area (TPSA) is 98.8 Å². The average molecular weight is 517 g/mol. The minimum atomic E-state index is -0.580. The molecule has 8 nitrogen and oxygen atoms in total. The maximum atomic E-state index is 15.7. The van der Waals surface area contributed by atoms with Crippen LogP contribution in [-0.4, -0.2) is 49.4 Å². The zero-order chi connectivity index (χ0) is 26.4. The Kier molecular flexibility index (Phi) is 6.25. The van der Waals surface area contributed by atoms with Gasteiger partial charge in [0.25, 0.3) is 5.91 Å². The third kappa shape index (κ3) is 4.08. The molecule has 0 saturated carbocycles. The lowest BCUT2D eigenvalue weighted by atomic mass is 10.0. The highest BCUT2D eigenvalue weighted by Gasteiger charge is 2.32. The smallest absolute Gasteiger partial charge is 0.256 e. The van der Waals surface area contributed by atoms with Crippen molar-refractivity contribution in [1.82, 2.24) is 9.88 Å². The van der Waals surface area contributed by atoms with E-state index in [0.29, 0.717) is 56.2 Å². The first-order valence-corrected chi connectivity index (χ1v) is 13.0. The molecule has 1 amide bonds. The SMILES string of the molecule is CCOCCCNC(=O)c1cn2c3c(c(N4CCC(N)C4)c(F)cc3c1=O)Oc1cc3ccccc3cc1-2. The molecule has 6 rings (SSSR count). The summed E-state index contributed by atoms with van der Waals surface area (Å²) >= 11 is 0. The highest BCUT2D eigenvalue weighted by molar-refractivity contribution is 6.02. The fourth-order valence-electron chi connectivity index (χ4n) is 5.35. The number of hydrogen-bond donors (Lipinski definition) is 2. The summed E-state index contributed by atoms with van der Waals surface area (Å²) in [6, 6.07) is 12.8. The first-order chi connectivity index (χ1) is 18.5. The van der Waals surface area contributed by atoms with Crippen molar-refractivity contribution in [2.45, 2.75) is 25.8 Å². The Labute approximate surface area is 218 Å². The van der Waals surface area contributed by atoms with Crippen LogP contribution >= 0.6 is 0 Å². The van der Waals surface area contributed by atoms with Crippen LogP contribution in [0.25, 0.3) is 27.4 Å². The van der Waals surface area contributed by atoms with E-state index in [1.807, 2.05) is 48.2 Å². The van der Waals surface area contributed by atoms with Crippen molar-refractivity contribution < 1.29 is 18.7 Å². The molecule has 1 aromatic heterocycles. The summed E-state index contributed by atoms with van der Waals surface area (Å²) in [5.74, 6) is -0.316. The number of fused-ring (bicyclic) bond motifs is 3. The van der Waals surface area contributed by atoms with Gasteiger partial charge >= 0.3 is 0 Å². The number of hydrogen-bond acceptors (Lipinski definition) is 6. The molecule has 2 aliphatic heterocycles. The minimum Gasteiger partial charge on any atom is -0.451 e. The van der Waals surface area contributed by atoms with Crippen LogP contribution in [0.4, 0.5) is 10.1 Å². The normalized spacial score (nSPS) is 16.1. The zero-order valence-electron chi connectivity index (χ0n) is 21.1. The van der Waals surface area contributed by atoms with E-state index in [-0.39, 0.29) is 28.4 Å². The van der Waals surface area contributed by atoms with Crippen molar-refractivity contribution in [3.05, 3.63) is 70.3 Å². The van der Waals surface area contributed by atoms with E-state index in [2.05, 4.69) is 5.32 Å². The fraction of sp³-hybridized carbons (Fsp3) is 0.310. The number of nitrogens with one attached hydrogen (secondary N) is 1. The van der Waals surface area contributed by atoms with Gasteiger partial charge in [-0.25, -0.2) is 4.39 Å². The zero-order valence-corrected chi connectivity index (χ0v) is 21.1. The number of aromatic nitrogens is 1. The van der Waals surface area contributed by atoms with Crippen LogP contribution in [0.1, 0.15) is 30.1 Å². The van der Waals surface area contributed by atoms with Crippen molar-refractivity contribution in [2.24, 2.45) is 5.73 Å². The van der Waals surface area contributed by atoms with Gasteiger partial charge in [0.15, 0.2) is 17.3 Å². The Hall–Kier alpha value is -3.95. The molecule has 0 bridgehead atoms. The van der Waals surface area contributed by atoms with E-state index in [1.165, 1.54) is 6.07 Å². The minimum absolute atomic E-state index is 0.0591. The first kappa shape index (κ1) is 24.4. The number of carbonyl (C=O) groups is 1. The van der Waals surface area contributed by atoms with Gasteiger partial charge in [0.05, 0.1) is 11.1 Å². The summed E-state index contributed by atoms with van der Waals surface area (Å²) in [4.78, 5) is 28.5. The third-order valence-corrected chi connectivity index (χ3v) is 7.21. The lowest BCUT2D eigenvalue weighted by molar-refractivity contribution is 0.0943. The van der Waals surface area contributed by atoms with E-state index in [1.54, 1.807) is 10.8 Å². The average Bonchev–Trinajstić information content (AvgIpc) is 3.34. The number of halogens is 1. The second-order valence-corrected chi connectivity index (χ2v) is 9.74. The van der Waals surface area contributed by atoms with E-state index >= 15 is 4.39 Å². The van der Waals surface area contributed by atoms with Crippen LogP contribution in [0.3, 0.4) is 0 Å². The van der Waals surface area contributed by atoms with Crippen LogP contribution in [0.5, 0.6) is 11.5 Å². The largest absolute Gasteiger partial charge is 0.451 e. The quantitative estimate of drug-likeness (QED) is 0.316. The van der Waals surface area contributed by atoms with Crippen molar-refractivity contribution in [1.29, 1.82) is 0 Å². The monoisotopic (exact) mass is 516 g/mol. The number of amides is 1. The van der Waals surface area contributed by atoms with Crippen LogP contribution in [-0.2, 0) is 4.74 Å². The van der Waals surface area contributed by atoms with Gasteiger partial charge < -0.3 is 30.0 Å².